The normalized spacial score (nSPS) is 10.6. The monoisotopic (exact) mass is 309 g/mol. The average molecular weight is 310 g/mol. The summed E-state index contributed by atoms with van der Waals surface area (Å²) in [6.07, 6.45) is 2.61. The lowest BCUT2D eigenvalue weighted by atomic mass is 10.2. The van der Waals surface area contributed by atoms with E-state index in [4.69, 9.17) is 4.74 Å². The standard InChI is InChI=1S/C13H16BrN3O/c1-3-6-17-13(15-9-16-17)8-18-11-4-5-12(14)10(2)7-11/h4-5,7,9H,3,6,8H2,1-2H3. The van der Waals surface area contributed by atoms with E-state index >= 15 is 0 Å². The van der Waals surface area contributed by atoms with Gasteiger partial charge in [-0.25, -0.2) is 9.67 Å². The van der Waals surface area contributed by atoms with Crippen molar-refractivity contribution in [1.29, 1.82) is 0 Å². The number of hydrogen-bond donors (Lipinski definition) is 0. The van der Waals surface area contributed by atoms with Gasteiger partial charge in [0, 0.05) is 11.0 Å². The second kappa shape index (κ2) is 6.00. The Hall–Kier alpha value is -1.36. The molecular weight excluding hydrogens is 294 g/mol. The molecule has 0 saturated carbocycles. The maximum atomic E-state index is 5.73. The first-order valence-corrected chi connectivity index (χ1v) is 6.75. The van der Waals surface area contributed by atoms with Gasteiger partial charge in [0.2, 0.25) is 0 Å². The SMILES string of the molecule is CCCn1ncnc1COc1ccc(Br)c(C)c1. The number of rotatable bonds is 5. The molecule has 18 heavy (non-hydrogen) atoms. The van der Waals surface area contributed by atoms with Crippen LogP contribution in [-0.2, 0) is 13.2 Å². The molecule has 0 radical (unpaired) electrons. The Morgan fingerprint density at radius 2 is 2.22 bits per heavy atom. The van der Waals surface area contributed by atoms with Crippen molar-refractivity contribution >= 4 is 15.9 Å². The van der Waals surface area contributed by atoms with Gasteiger partial charge in [-0.3, -0.25) is 0 Å². The Labute approximate surface area is 115 Å². The number of nitrogens with zero attached hydrogens (tertiary/aromatic N) is 3. The minimum absolute atomic E-state index is 0.446. The molecule has 0 saturated heterocycles. The second-order valence-electron chi connectivity index (χ2n) is 4.10. The van der Waals surface area contributed by atoms with E-state index in [1.807, 2.05) is 29.8 Å². The van der Waals surface area contributed by atoms with Crippen LogP contribution in [0.5, 0.6) is 5.75 Å². The van der Waals surface area contributed by atoms with Crippen LogP contribution < -0.4 is 4.74 Å². The molecule has 0 aliphatic rings. The van der Waals surface area contributed by atoms with Gasteiger partial charge in [-0.05, 0) is 37.1 Å². The highest BCUT2D eigenvalue weighted by molar-refractivity contribution is 9.10. The number of ether oxygens (including phenoxy) is 1. The molecule has 0 N–H and O–H groups in total. The molecule has 0 aliphatic carbocycles. The summed E-state index contributed by atoms with van der Waals surface area (Å²) >= 11 is 3.47. The third-order valence-corrected chi connectivity index (χ3v) is 3.52. The molecule has 0 fully saturated rings. The molecule has 1 heterocycles. The van der Waals surface area contributed by atoms with E-state index in [1.165, 1.54) is 0 Å². The van der Waals surface area contributed by atoms with E-state index in [0.29, 0.717) is 6.61 Å². The van der Waals surface area contributed by atoms with Crippen molar-refractivity contribution in [2.75, 3.05) is 0 Å². The summed E-state index contributed by atoms with van der Waals surface area (Å²) < 4.78 is 8.70. The van der Waals surface area contributed by atoms with Crippen molar-refractivity contribution in [3.05, 3.63) is 40.4 Å². The van der Waals surface area contributed by atoms with Gasteiger partial charge in [-0.1, -0.05) is 22.9 Å². The Morgan fingerprint density at radius 3 is 2.94 bits per heavy atom. The van der Waals surface area contributed by atoms with Crippen LogP contribution in [0.1, 0.15) is 24.7 Å². The van der Waals surface area contributed by atoms with Crippen LogP contribution in [0.15, 0.2) is 29.0 Å². The lowest BCUT2D eigenvalue weighted by Crippen LogP contribution is -2.08. The zero-order chi connectivity index (χ0) is 13.0. The van der Waals surface area contributed by atoms with Crippen LogP contribution in [0.3, 0.4) is 0 Å². The smallest absolute Gasteiger partial charge is 0.164 e. The highest BCUT2D eigenvalue weighted by Gasteiger charge is 2.05. The first-order chi connectivity index (χ1) is 8.70. The lowest BCUT2D eigenvalue weighted by Gasteiger charge is -2.08. The fourth-order valence-electron chi connectivity index (χ4n) is 1.65. The van der Waals surface area contributed by atoms with Crippen molar-refractivity contribution in [1.82, 2.24) is 14.8 Å². The van der Waals surface area contributed by atoms with Gasteiger partial charge in [0.15, 0.2) is 5.82 Å². The van der Waals surface area contributed by atoms with E-state index in [2.05, 4.69) is 32.9 Å². The fraction of sp³-hybridized carbons (Fsp3) is 0.385. The molecule has 0 unspecified atom stereocenters. The minimum atomic E-state index is 0.446. The van der Waals surface area contributed by atoms with E-state index in [0.717, 1.165) is 34.6 Å². The van der Waals surface area contributed by atoms with Crippen LogP contribution in [0.25, 0.3) is 0 Å². The number of benzene rings is 1. The molecule has 96 valence electrons. The van der Waals surface area contributed by atoms with E-state index < -0.39 is 0 Å². The van der Waals surface area contributed by atoms with E-state index in [-0.39, 0.29) is 0 Å². The van der Waals surface area contributed by atoms with Crippen LogP contribution in [0.4, 0.5) is 0 Å². The van der Waals surface area contributed by atoms with Crippen LogP contribution >= 0.6 is 15.9 Å². The quantitative estimate of drug-likeness (QED) is 0.850. The van der Waals surface area contributed by atoms with Gasteiger partial charge in [0.1, 0.15) is 18.7 Å². The zero-order valence-electron chi connectivity index (χ0n) is 10.6. The number of aromatic nitrogens is 3. The first kappa shape index (κ1) is 13.1. The van der Waals surface area contributed by atoms with Crippen molar-refractivity contribution in [3.63, 3.8) is 0 Å². The van der Waals surface area contributed by atoms with Crippen LogP contribution in [0, 0.1) is 6.92 Å². The second-order valence-corrected chi connectivity index (χ2v) is 4.95. The van der Waals surface area contributed by atoms with Crippen molar-refractivity contribution in [2.24, 2.45) is 0 Å². The van der Waals surface area contributed by atoms with Crippen LogP contribution in [-0.4, -0.2) is 14.8 Å². The molecule has 0 spiro atoms. The summed E-state index contributed by atoms with van der Waals surface area (Å²) in [6.45, 7) is 5.47. The summed E-state index contributed by atoms with van der Waals surface area (Å²) in [5, 5.41) is 4.17. The van der Waals surface area contributed by atoms with E-state index in [9.17, 15) is 0 Å². The molecule has 0 bridgehead atoms. The van der Waals surface area contributed by atoms with Gasteiger partial charge in [0.25, 0.3) is 0 Å². The minimum Gasteiger partial charge on any atom is -0.486 e. The molecule has 0 aliphatic heterocycles. The molecule has 2 aromatic rings. The largest absolute Gasteiger partial charge is 0.486 e. The molecule has 0 amide bonds. The Bertz CT molecular complexity index is 525. The maximum absolute atomic E-state index is 5.73. The zero-order valence-corrected chi connectivity index (χ0v) is 12.1. The van der Waals surface area contributed by atoms with Crippen molar-refractivity contribution in [3.8, 4) is 5.75 Å². The number of halogens is 1. The average Bonchev–Trinajstić information content (AvgIpc) is 2.79. The third kappa shape index (κ3) is 3.10. The Kier molecular flexibility index (Phi) is 4.36. The van der Waals surface area contributed by atoms with Crippen molar-refractivity contribution in [2.45, 2.75) is 33.4 Å². The highest BCUT2D eigenvalue weighted by atomic mass is 79.9. The van der Waals surface area contributed by atoms with Gasteiger partial charge < -0.3 is 4.74 Å². The molecule has 1 aromatic heterocycles. The maximum Gasteiger partial charge on any atom is 0.164 e. The molecule has 2 rings (SSSR count). The first-order valence-electron chi connectivity index (χ1n) is 5.96. The molecule has 1 aromatic carbocycles. The summed E-state index contributed by atoms with van der Waals surface area (Å²) in [5.74, 6) is 1.71. The third-order valence-electron chi connectivity index (χ3n) is 2.63. The fourth-order valence-corrected chi connectivity index (χ4v) is 1.90. The number of hydrogen-bond acceptors (Lipinski definition) is 3. The lowest BCUT2D eigenvalue weighted by molar-refractivity contribution is 0.286. The molecule has 0 atom stereocenters. The summed E-state index contributed by atoms with van der Waals surface area (Å²) in [4.78, 5) is 4.21. The number of aryl methyl sites for hydroxylation is 2. The summed E-state index contributed by atoms with van der Waals surface area (Å²) in [6, 6.07) is 5.93. The molecule has 5 heteroatoms. The highest BCUT2D eigenvalue weighted by Crippen LogP contribution is 2.22. The topological polar surface area (TPSA) is 39.9 Å². The van der Waals surface area contributed by atoms with Gasteiger partial charge in [-0.15, -0.1) is 0 Å². The van der Waals surface area contributed by atoms with E-state index in [1.54, 1.807) is 6.33 Å². The molecular formula is C13H16BrN3O. The predicted octanol–water partition coefficient (Wildman–Crippen LogP) is 3.34. The summed E-state index contributed by atoms with van der Waals surface area (Å²) in [5.41, 5.74) is 1.16. The predicted molar refractivity (Wildman–Crippen MR) is 73.5 cm³/mol. The molecule has 4 nitrogen and oxygen atoms in total. The van der Waals surface area contributed by atoms with Gasteiger partial charge in [0.05, 0.1) is 0 Å². The summed E-state index contributed by atoms with van der Waals surface area (Å²) in [7, 11) is 0. The Morgan fingerprint density at radius 1 is 1.39 bits per heavy atom. The van der Waals surface area contributed by atoms with Crippen LogP contribution in [0.2, 0.25) is 0 Å². The Balaban J connectivity index is 2.02. The van der Waals surface area contributed by atoms with Crippen molar-refractivity contribution < 1.29 is 4.74 Å². The van der Waals surface area contributed by atoms with Gasteiger partial charge in [-0.2, -0.15) is 5.10 Å². The van der Waals surface area contributed by atoms with Gasteiger partial charge >= 0.3 is 0 Å².